The number of fused-ring (bicyclic) bond motifs is 1. The molecule has 0 aliphatic rings. The van der Waals surface area contributed by atoms with E-state index in [1.165, 1.54) is 4.52 Å². The zero-order valence-corrected chi connectivity index (χ0v) is 15.0. The molecule has 0 saturated carbocycles. The van der Waals surface area contributed by atoms with Crippen LogP contribution in [-0.4, -0.2) is 19.7 Å². The molecule has 0 radical (unpaired) electrons. The third-order valence-corrected chi connectivity index (χ3v) is 4.33. The highest BCUT2D eigenvalue weighted by atomic mass is 16.3. The number of hydrogen-bond acceptors (Lipinski definition) is 4. The maximum absolute atomic E-state index is 10.9. The number of benzene rings is 1. The summed E-state index contributed by atoms with van der Waals surface area (Å²) in [6.07, 6.45) is 1.19. The Morgan fingerprint density at radius 2 is 1.84 bits per heavy atom. The lowest BCUT2D eigenvalue weighted by Gasteiger charge is -2.13. The number of nitrogens with zero attached hydrogens (tertiary/aromatic N) is 4. The summed E-state index contributed by atoms with van der Waals surface area (Å²) in [5.41, 5.74) is 3.31. The molecule has 0 aliphatic heterocycles. The fraction of sp³-hybridized carbons (Fsp3) is 0.350. The van der Waals surface area contributed by atoms with Crippen LogP contribution in [0.3, 0.4) is 0 Å². The van der Waals surface area contributed by atoms with E-state index in [4.69, 9.17) is 0 Å². The number of aromatic nitrogens is 3. The highest BCUT2D eigenvalue weighted by Gasteiger charge is 2.25. The molecule has 5 nitrogen and oxygen atoms in total. The van der Waals surface area contributed by atoms with E-state index in [9.17, 15) is 10.4 Å². The Kier molecular flexibility index (Phi) is 4.22. The van der Waals surface area contributed by atoms with Gasteiger partial charge >= 0.3 is 0 Å². The Morgan fingerprint density at radius 3 is 2.40 bits per heavy atom. The lowest BCUT2D eigenvalue weighted by molar-refractivity contribution is 0.426. The average molecular weight is 334 g/mol. The molecular formula is C20H22N4O. The topological polar surface area (TPSA) is 74.2 Å². The van der Waals surface area contributed by atoms with E-state index in [2.05, 4.69) is 16.2 Å². The highest BCUT2D eigenvalue weighted by molar-refractivity contribution is 5.64. The fourth-order valence-electron chi connectivity index (χ4n) is 2.98. The molecular weight excluding hydrogens is 312 g/mol. The zero-order chi connectivity index (χ0) is 18.2. The van der Waals surface area contributed by atoms with Crippen LogP contribution in [0.2, 0.25) is 0 Å². The molecule has 0 fully saturated rings. The molecule has 0 spiro atoms. The summed E-state index contributed by atoms with van der Waals surface area (Å²) in [5.74, 6) is 0.677. The summed E-state index contributed by atoms with van der Waals surface area (Å²) >= 11 is 0. The second-order valence-electron chi connectivity index (χ2n) is 7.20. The summed E-state index contributed by atoms with van der Waals surface area (Å²) < 4.78 is 1.41. The van der Waals surface area contributed by atoms with Gasteiger partial charge in [-0.2, -0.15) is 9.78 Å². The van der Waals surface area contributed by atoms with Crippen LogP contribution in [0.5, 0.6) is 5.88 Å². The molecule has 2 aromatic heterocycles. The van der Waals surface area contributed by atoms with Crippen molar-refractivity contribution in [1.29, 1.82) is 5.26 Å². The molecule has 5 heteroatoms. The highest BCUT2D eigenvalue weighted by Crippen LogP contribution is 2.31. The molecule has 128 valence electrons. The Morgan fingerprint density at radius 1 is 1.16 bits per heavy atom. The second-order valence-corrected chi connectivity index (χ2v) is 7.20. The van der Waals surface area contributed by atoms with E-state index in [0.29, 0.717) is 29.9 Å². The maximum atomic E-state index is 10.9. The van der Waals surface area contributed by atoms with Crippen LogP contribution in [0.25, 0.3) is 5.65 Å². The Bertz CT molecular complexity index is 960. The van der Waals surface area contributed by atoms with Crippen LogP contribution < -0.4 is 0 Å². The van der Waals surface area contributed by atoms with Crippen LogP contribution in [0.4, 0.5) is 0 Å². The van der Waals surface area contributed by atoms with Crippen molar-refractivity contribution in [2.45, 2.75) is 46.0 Å². The number of pyridine rings is 1. The largest absolute Gasteiger partial charge is 0.493 e. The average Bonchev–Trinajstić information content (AvgIpc) is 3.03. The molecule has 0 atom stereocenters. The fourth-order valence-corrected chi connectivity index (χ4v) is 2.98. The van der Waals surface area contributed by atoms with Crippen LogP contribution in [-0.2, 0) is 18.3 Å². The first kappa shape index (κ1) is 17.0. The molecule has 0 amide bonds. The summed E-state index contributed by atoms with van der Waals surface area (Å²) in [6.45, 7) is 8.02. The van der Waals surface area contributed by atoms with E-state index in [1.807, 2.05) is 58.0 Å². The Hall–Kier alpha value is -2.87. The minimum Gasteiger partial charge on any atom is -0.493 e. The molecule has 0 saturated heterocycles. The first-order valence-corrected chi connectivity index (χ1v) is 8.44. The van der Waals surface area contributed by atoms with Crippen LogP contribution in [0.1, 0.15) is 55.8 Å². The van der Waals surface area contributed by atoms with Crippen molar-refractivity contribution in [3.05, 3.63) is 58.4 Å². The molecule has 25 heavy (non-hydrogen) atoms. The minimum absolute atomic E-state index is 0.0673. The van der Waals surface area contributed by atoms with Crippen molar-refractivity contribution in [2.75, 3.05) is 0 Å². The van der Waals surface area contributed by atoms with E-state index < -0.39 is 0 Å². The summed E-state index contributed by atoms with van der Waals surface area (Å²) in [6, 6.07) is 12.2. The smallest absolute Gasteiger partial charge is 0.218 e. The van der Waals surface area contributed by atoms with Gasteiger partial charge in [-0.15, -0.1) is 5.10 Å². The van der Waals surface area contributed by atoms with Gasteiger partial charge in [0.15, 0.2) is 11.5 Å². The Balaban J connectivity index is 2.29. The quantitative estimate of drug-likeness (QED) is 0.791. The monoisotopic (exact) mass is 334 g/mol. The zero-order valence-electron chi connectivity index (χ0n) is 15.0. The van der Waals surface area contributed by atoms with Crippen LogP contribution in [0.15, 0.2) is 30.3 Å². The first-order chi connectivity index (χ1) is 11.9. The van der Waals surface area contributed by atoms with E-state index >= 15 is 0 Å². The molecule has 1 N–H and O–H groups in total. The SMILES string of the molecule is CCc1c(Cc2ccccc2)c(O)n2nc(C(C)(C)C)nc2c1C#N. The molecule has 0 aliphatic carbocycles. The predicted octanol–water partition coefficient (Wildman–Crippen LogP) is 3.76. The van der Waals surface area contributed by atoms with Crippen molar-refractivity contribution in [2.24, 2.45) is 0 Å². The molecule has 0 unspecified atom stereocenters. The predicted molar refractivity (Wildman–Crippen MR) is 96.7 cm³/mol. The maximum Gasteiger partial charge on any atom is 0.218 e. The van der Waals surface area contributed by atoms with E-state index in [0.717, 1.165) is 16.7 Å². The van der Waals surface area contributed by atoms with Crippen molar-refractivity contribution in [3.8, 4) is 11.9 Å². The van der Waals surface area contributed by atoms with Crippen molar-refractivity contribution in [1.82, 2.24) is 14.6 Å². The third kappa shape index (κ3) is 2.96. The van der Waals surface area contributed by atoms with Gasteiger partial charge in [0.25, 0.3) is 0 Å². The van der Waals surface area contributed by atoms with Gasteiger partial charge in [0.05, 0.1) is 0 Å². The van der Waals surface area contributed by atoms with Gasteiger partial charge in [0.1, 0.15) is 11.6 Å². The summed E-state index contributed by atoms with van der Waals surface area (Å²) in [4.78, 5) is 4.54. The molecule has 3 rings (SSSR count). The van der Waals surface area contributed by atoms with Gasteiger partial charge < -0.3 is 5.11 Å². The van der Waals surface area contributed by atoms with Gasteiger partial charge in [-0.3, -0.25) is 0 Å². The van der Waals surface area contributed by atoms with E-state index in [1.54, 1.807) is 0 Å². The lowest BCUT2D eigenvalue weighted by Crippen LogP contribution is -2.13. The standard InChI is InChI=1S/C20H22N4O/c1-5-14-15(11-13-9-7-6-8-10-13)18(25)24-17(16(14)12-21)22-19(23-24)20(2,3)4/h6-10,25H,5,11H2,1-4H3. The minimum atomic E-state index is -0.267. The molecule has 0 bridgehead atoms. The number of hydrogen-bond donors (Lipinski definition) is 1. The normalized spacial score (nSPS) is 11.6. The Labute approximate surface area is 147 Å². The number of nitriles is 1. The number of aromatic hydroxyl groups is 1. The van der Waals surface area contributed by atoms with Crippen molar-refractivity contribution in [3.63, 3.8) is 0 Å². The first-order valence-electron chi connectivity index (χ1n) is 8.44. The number of rotatable bonds is 3. The second kappa shape index (κ2) is 6.21. The van der Waals surface area contributed by atoms with Crippen LogP contribution in [0, 0.1) is 11.3 Å². The summed E-state index contributed by atoms with van der Waals surface area (Å²) in [5, 5.41) is 25.1. The van der Waals surface area contributed by atoms with E-state index in [-0.39, 0.29) is 11.3 Å². The third-order valence-electron chi connectivity index (χ3n) is 4.33. The van der Waals surface area contributed by atoms with Gasteiger partial charge in [-0.1, -0.05) is 58.0 Å². The van der Waals surface area contributed by atoms with Gasteiger partial charge in [-0.25, -0.2) is 4.98 Å². The lowest BCUT2D eigenvalue weighted by atomic mass is 9.95. The van der Waals surface area contributed by atoms with Crippen molar-refractivity contribution >= 4 is 5.65 Å². The van der Waals surface area contributed by atoms with Gasteiger partial charge in [0.2, 0.25) is 5.88 Å². The van der Waals surface area contributed by atoms with Gasteiger partial charge in [-0.05, 0) is 17.5 Å². The van der Waals surface area contributed by atoms with Crippen LogP contribution >= 0.6 is 0 Å². The molecule has 3 aromatic rings. The van der Waals surface area contributed by atoms with Crippen molar-refractivity contribution < 1.29 is 5.11 Å². The molecule has 2 heterocycles. The molecule has 1 aromatic carbocycles. The van der Waals surface area contributed by atoms with Gasteiger partial charge in [0, 0.05) is 17.4 Å². The summed E-state index contributed by atoms with van der Waals surface area (Å²) in [7, 11) is 0.